The first-order chi connectivity index (χ1) is 12.9. The maximum absolute atomic E-state index is 13.5. The zero-order valence-corrected chi connectivity index (χ0v) is 17.6. The number of pyridine rings is 1. The summed E-state index contributed by atoms with van der Waals surface area (Å²) in [4.78, 5) is 20.2. The van der Waals surface area contributed by atoms with Gasteiger partial charge >= 0.3 is 0 Å². The number of carbonyl (C=O) groups excluding carboxylic acids is 1. The summed E-state index contributed by atoms with van der Waals surface area (Å²) >= 11 is 18.9. The predicted molar refractivity (Wildman–Crippen MR) is 111 cm³/mol. The van der Waals surface area contributed by atoms with Gasteiger partial charge in [-0.25, -0.2) is 0 Å². The summed E-state index contributed by atoms with van der Waals surface area (Å²) in [6.07, 6.45) is 3.39. The fourth-order valence-corrected chi connectivity index (χ4v) is 5.36. The minimum atomic E-state index is 0.0450. The first kappa shape index (κ1) is 19.0. The van der Waals surface area contributed by atoms with Gasteiger partial charge < -0.3 is 4.90 Å². The van der Waals surface area contributed by atoms with Gasteiger partial charge in [0.2, 0.25) is 0 Å². The second-order valence-corrected chi connectivity index (χ2v) is 8.65. The van der Waals surface area contributed by atoms with E-state index >= 15 is 0 Å². The second-order valence-electron chi connectivity index (χ2n) is 7.54. The molecule has 3 nitrogen and oxygen atoms in total. The molecule has 0 bridgehead atoms. The van der Waals surface area contributed by atoms with Gasteiger partial charge in [-0.15, -0.1) is 11.6 Å². The lowest BCUT2D eigenvalue weighted by Gasteiger charge is -2.27. The Kier molecular flexibility index (Phi) is 5.13. The maximum Gasteiger partial charge on any atom is 0.257 e. The molecule has 1 aliphatic carbocycles. The number of amides is 1. The molecule has 4 rings (SSSR count). The number of nitrogens with zero attached hydrogens (tertiary/aromatic N) is 2. The van der Waals surface area contributed by atoms with Crippen LogP contribution in [-0.2, 0) is 12.4 Å². The van der Waals surface area contributed by atoms with Crippen LogP contribution in [0, 0.1) is 12.8 Å². The summed E-state index contributed by atoms with van der Waals surface area (Å²) < 4.78 is 0. The third-order valence-electron chi connectivity index (χ3n) is 5.93. The molecular weight excluding hydrogens is 403 g/mol. The molecule has 1 saturated carbocycles. The molecule has 0 saturated heterocycles. The summed E-state index contributed by atoms with van der Waals surface area (Å²) in [5.74, 6) is 0.830. The molecule has 1 aliphatic heterocycles. The average molecular weight is 424 g/mol. The summed E-state index contributed by atoms with van der Waals surface area (Å²) in [6.45, 7) is 4.73. The van der Waals surface area contributed by atoms with Crippen LogP contribution in [0.1, 0.15) is 53.5 Å². The predicted octanol–water partition coefficient (Wildman–Crippen LogP) is 6.25. The molecule has 2 atom stereocenters. The first-order valence-corrected chi connectivity index (χ1v) is 10.6. The highest BCUT2D eigenvalue weighted by atomic mass is 35.5. The van der Waals surface area contributed by atoms with Gasteiger partial charge in [0.15, 0.2) is 0 Å². The Bertz CT molecular complexity index is 928. The number of hydrogen-bond acceptors (Lipinski definition) is 2. The van der Waals surface area contributed by atoms with E-state index in [1.165, 1.54) is 12.8 Å². The van der Waals surface area contributed by atoms with E-state index in [2.05, 4.69) is 6.92 Å². The molecule has 0 radical (unpaired) electrons. The Hall–Kier alpha value is -1.29. The first-order valence-electron chi connectivity index (χ1n) is 9.27. The highest BCUT2D eigenvalue weighted by Crippen LogP contribution is 2.42. The Morgan fingerprint density at radius 3 is 2.63 bits per heavy atom. The molecule has 6 heteroatoms. The van der Waals surface area contributed by atoms with Crippen molar-refractivity contribution in [3.8, 4) is 11.1 Å². The van der Waals surface area contributed by atoms with E-state index in [9.17, 15) is 4.79 Å². The SMILES string of the molecule is Cc1nc2c(c(-c3ccc(Cl)cc3Cl)c1CCl)C(=O)N(C1CCCC1C)C2. The van der Waals surface area contributed by atoms with Crippen molar-refractivity contribution >= 4 is 40.7 Å². The lowest BCUT2D eigenvalue weighted by Crippen LogP contribution is -2.37. The van der Waals surface area contributed by atoms with Crippen molar-refractivity contribution in [1.82, 2.24) is 9.88 Å². The summed E-state index contributed by atoms with van der Waals surface area (Å²) in [5.41, 5.74) is 4.78. The molecule has 27 heavy (non-hydrogen) atoms. The van der Waals surface area contributed by atoms with E-state index in [1.807, 2.05) is 17.9 Å². The minimum absolute atomic E-state index is 0.0450. The van der Waals surface area contributed by atoms with Crippen molar-refractivity contribution in [2.45, 2.75) is 51.6 Å². The van der Waals surface area contributed by atoms with Crippen LogP contribution in [0.25, 0.3) is 11.1 Å². The average Bonchev–Trinajstić information content (AvgIpc) is 3.17. The van der Waals surface area contributed by atoms with Crippen molar-refractivity contribution < 1.29 is 4.79 Å². The number of carbonyl (C=O) groups is 1. The van der Waals surface area contributed by atoms with Gasteiger partial charge in [0.25, 0.3) is 5.91 Å². The number of fused-ring (bicyclic) bond motifs is 1. The number of halogens is 3. The molecule has 2 aromatic rings. The van der Waals surface area contributed by atoms with E-state index in [0.29, 0.717) is 28.1 Å². The Morgan fingerprint density at radius 2 is 2.00 bits per heavy atom. The van der Waals surface area contributed by atoms with Gasteiger partial charge in [-0.1, -0.05) is 42.6 Å². The molecule has 1 aromatic carbocycles. The topological polar surface area (TPSA) is 33.2 Å². The lowest BCUT2D eigenvalue weighted by molar-refractivity contribution is 0.0668. The zero-order chi connectivity index (χ0) is 19.3. The highest BCUT2D eigenvalue weighted by molar-refractivity contribution is 6.36. The van der Waals surface area contributed by atoms with E-state index in [-0.39, 0.29) is 17.8 Å². The van der Waals surface area contributed by atoms with Crippen LogP contribution >= 0.6 is 34.8 Å². The quantitative estimate of drug-likeness (QED) is 0.547. The summed E-state index contributed by atoms with van der Waals surface area (Å²) in [6, 6.07) is 5.64. The van der Waals surface area contributed by atoms with Gasteiger partial charge in [-0.3, -0.25) is 9.78 Å². The Labute approximate surface area is 174 Å². The van der Waals surface area contributed by atoms with E-state index in [4.69, 9.17) is 39.8 Å². The molecule has 2 aliphatic rings. The summed E-state index contributed by atoms with van der Waals surface area (Å²) in [5, 5.41) is 1.08. The molecule has 1 fully saturated rings. The fraction of sp³-hybridized carbons (Fsp3) is 0.429. The Morgan fingerprint density at radius 1 is 1.22 bits per heavy atom. The molecule has 0 N–H and O–H groups in total. The van der Waals surface area contributed by atoms with Crippen LogP contribution in [0.15, 0.2) is 18.2 Å². The van der Waals surface area contributed by atoms with Gasteiger partial charge in [0.05, 0.1) is 17.8 Å². The molecule has 2 unspecified atom stereocenters. The maximum atomic E-state index is 13.5. The number of rotatable bonds is 3. The van der Waals surface area contributed by atoms with Crippen LogP contribution in [0.5, 0.6) is 0 Å². The number of hydrogen-bond donors (Lipinski definition) is 0. The summed E-state index contributed by atoms with van der Waals surface area (Å²) in [7, 11) is 0. The van der Waals surface area contributed by atoms with E-state index in [1.54, 1.807) is 12.1 Å². The van der Waals surface area contributed by atoms with Crippen molar-refractivity contribution in [1.29, 1.82) is 0 Å². The number of aryl methyl sites for hydroxylation is 1. The monoisotopic (exact) mass is 422 g/mol. The minimum Gasteiger partial charge on any atom is -0.329 e. The zero-order valence-electron chi connectivity index (χ0n) is 15.4. The number of aromatic nitrogens is 1. The highest BCUT2D eigenvalue weighted by Gasteiger charge is 2.40. The van der Waals surface area contributed by atoms with Crippen LogP contribution in [-0.4, -0.2) is 21.8 Å². The molecule has 2 heterocycles. The van der Waals surface area contributed by atoms with Crippen molar-refractivity contribution in [2.24, 2.45) is 5.92 Å². The van der Waals surface area contributed by atoms with Crippen LogP contribution in [0.2, 0.25) is 10.0 Å². The van der Waals surface area contributed by atoms with Crippen LogP contribution in [0.4, 0.5) is 0 Å². The molecule has 142 valence electrons. The van der Waals surface area contributed by atoms with Gasteiger partial charge in [-0.2, -0.15) is 0 Å². The van der Waals surface area contributed by atoms with Gasteiger partial charge in [-0.05, 0) is 43.4 Å². The molecule has 1 aromatic heterocycles. The smallest absolute Gasteiger partial charge is 0.257 e. The van der Waals surface area contributed by atoms with E-state index < -0.39 is 0 Å². The normalized spacial score (nSPS) is 21.8. The number of alkyl halides is 1. The molecule has 1 amide bonds. The van der Waals surface area contributed by atoms with Crippen molar-refractivity contribution in [2.75, 3.05) is 0 Å². The van der Waals surface area contributed by atoms with E-state index in [0.717, 1.165) is 34.5 Å². The molecule has 0 spiro atoms. The van der Waals surface area contributed by atoms with Gasteiger partial charge in [0, 0.05) is 38.8 Å². The van der Waals surface area contributed by atoms with Gasteiger partial charge in [0.1, 0.15) is 0 Å². The fourth-order valence-electron chi connectivity index (χ4n) is 4.53. The largest absolute Gasteiger partial charge is 0.329 e. The Balaban J connectivity index is 1.90. The second kappa shape index (κ2) is 7.27. The molecular formula is C21H21Cl3N2O. The van der Waals surface area contributed by atoms with Crippen LogP contribution in [0.3, 0.4) is 0 Å². The van der Waals surface area contributed by atoms with Crippen LogP contribution < -0.4 is 0 Å². The van der Waals surface area contributed by atoms with Crippen molar-refractivity contribution in [3.63, 3.8) is 0 Å². The third-order valence-corrected chi connectivity index (χ3v) is 6.74. The third kappa shape index (κ3) is 3.14. The lowest BCUT2D eigenvalue weighted by atomic mass is 9.93. The van der Waals surface area contributed by atoms with Crippen molar-refractivity contribution in [3.05, 3.63) is 50.8 Å². The number of benzene rings is 1. The standard InChI is InChI=1S/C21H21Cl3N2O/c1-11-4-3-5-18(11)26-10-17-20(21(26)27)19(15(9-22)12(2)25-17)14-7-6-13(23)8-16(14)24/h6-8,11,18H,3-5,9-10H2,1-2H3.